The normalized spacial score (nSPS) is 11.3. The van der Waals surface area contributed by atoms with Crippen LogP contribution < -0.4 is 9.47 Å². The summed E-state index contributed by atoms with van der Waals surface area (Å²) >= 11 is 0. The molecule has 1 aromatic rings. The molecule has 0 aliphatic carbocycles. The molecule has 0 spiro atoms. The number of hydrogen-bond donors (Lipinski definition) is 1. The van der Waals surface area contributed by atoms with Crippen LogP contribution in [0.15, 0.2) is 24.3 Å². The van der Waals surface area contributed by atoms with Crippen LogP contribution in [0.25, 0.3) is 0 Å². The molecule has 0 bridgehead atoms. The Hall–Kier alpha value is -1.22. The van der Waals surface area contributed by atoms with E-state index in [4.69, 9.17) is 9.47 Å². The van der Waals surface area contributed by atoms with Crippen molar-refractivity contribution in [2.75, 3.05) is 13.2 Å². The molecule has 0 fully saturated rings. The van der Waals surface area contributed by atoms with Crippen molar-refractivity contribution in [1.82, 2.24) is 0 Å². The van der Waals surface area contributed by atoms with E-state index >= 15 is 0 Å². The Morgan fingerprint density at radius 1 is 1.00 bits per heavy atom. The summed E-state index contributed by atoms with van der Waals surface area (Å²) in [4.78, 5) is 0. The summed E-state index contributed by atoms with van der Waals surface area (Å²) in [5, 5.41) is 9.54. The smallest absolute Gasteiger partial charge is 0.119 e. The molecule has 0 amide bonds. The van der Waals surface area contributed by atoms with Crippen molar-refractivity contribution < 1.29 is 14.6 Å². The first kappa shape index (κ1) is 13.8. The molecule has 3 heteroatoms. The second-order valence-electron chi connectivity index (χ2n) is 4.73. The van der Waals surface area contributed by atoms with E-state index in [1.807, 2.05) is 24.3 Å². The SMILES string of the molecule is CCCOc1ccc(OCCC(C)(C)O)cc1. The monoisotopic (exact) mass is 238 g/mol. The van der Waals surface area contributed by atoms with Crippen molar-refractivity contribution in [3.05, 3.63) is 24.3 Å². The minimum Gasteiger partial charge on any atom is -0.494 e. The van der Waals surface area contributed by atoms with Crippen LogP contribution in [0.5, 0.6) is 11.5 Å². The highest BCUT2D eigenvalue weighted by atomic mass is 16.5. The number of aliphatic hydroxyl groups is 1. The van der Waals surface area contributed by atoms with Crippen LogP contribution in [-0.4, -0.2) is 23.9 Å². The van der Waals surface area contributed by atoms with Crippen LogP contribution in [0.2, 0.25) is 0 Å². The fourth-order valence-corrected chi connectivity index (χ4v) is 1.27. The molecule has 0 aliphatic heterocycles. The number of ether oxygens (including phenoxy) is 2. The second-order valence-corrected chi connectivity index (χ2v) is 4.73. The Morgan fingerprint density at radius 3 is 1.88 bits per heavy atom. The van der Waals surface area contributed by atoms with Gasteiger partial charge in [-0.25, -0.2) is 0 Å². The zero-order valence-electron chi connectivity index (χ0n) is 10.9. The molecule has 1 aromatic carbocycles. The fourth-order valence-electron chi connectivity index (χ4n) is 1.27. The van der Waals surface area contributed by atoms with E-state index in [1.54, 1.807) is 13.8 Å². The average molecular weight is 238 g/mol. The zero-order chi connectivity index (χ0) is 12.7. The van der Waals surface area contributed by atoms with E-state index in [0.29, 0.717) is 13.0 Å². The van der Waals surface area contributed by atoms with Gasteiger partial charge < -0.3 is 14.6 Å². The van der Waals surface area contributed by atoms with Gasteiger partial charge in [-0.05, 0) is 44.5 Å². The van der Waals surface area contributed by atoms with E-state index < -0.39 is 5.60 Å². The molecule has 0 aromatic heterocycles. The molecule has 0 radical (unpaired) electrons. The van der Waals surface area contributed by atoms with Gasteiger partial charge in [0.1, 0.15) is 11.5 Å². The molecule has 0 atom stereocenters. The summed E-state index contributed by atoms with van der Waals surface area (Å²) < 4.78 is 11.0. The summed E-state index contributed by atoms with van der Waals surface area (Å²) in [6.07, 6.45) is 1.62. The van der Waals surface area contributed by atoms with E-state index in [-0.39, 0.29) is 0 Å². The molecule has 0 saturated heterocycles. The number of hydrogen-bond acceptors (Lipinski definition) is 3. The van der Waals surface area contributed by atoms with Gasteiger partial charge in [0, 0.05) is 6.42 Å². The van der Waals surface area contributed by atoms with Gasteiger partial charge in [-0.2, -0.15) is 0 Å². The molecular weight excluding hydrogens is 216 g/mol. The van der Waals surface area contributed by atoms with E-state index in [0.717, 1.165) is 24.5 Å². The van der Waals surface area contributed by atoms with E-state index in [1.165, 1.54) is 0 Å². The molecule has 0 unspecified atom stereocenters. The number of benzene rings is 1. The summed E-state index contributed by atoms with van der Waals surface area (Å²) in [7, 11) is 0. The van der Waals surface area contributed by atoms with Gasteiger partial charge in [-0.1, -0.05) is 6.92 Å². The van der Waals surface area contributed by atoms with Gasteiger partial charge in [0.2, 0.25) is 0 Å². The maximum absolute atomic E-state index is 9.54. The van der Waals surface area contributed by atoms with Crippen LogP contribution >= 0.6 is 0 Å². The lowest BCUT2D eigenvalue weighted by Gasteiger charge is -2.17. The van der Waals surface area contributed by atoms with Crippen molar-refractivity contribution in [1.29, 1.82) is 0 Å². The molecule has 0 heterocycles. The summed E-state index contributed by atoms with van der Waals surface area (Å²) in [6.45, 7) is 6.88. The predicted molar refractivity (Wildman–Crippen MR) is 68.6 cm³/mol. The lowest BCUT2D eigenvalue weighted by molar-refractivity contribution is 0.0553. The van der Waals surface area contributed by atoms with Crippen LogP contribution in [-0.2, 0) is 0 Å². The van der Waals surface area contributed by atoms with Crippen LogP contribution in [0.4, 0.5) is 0 Å². The molecule has 17 heavy (non-hydrogen) atoms. The summed E-state index contributed by atoms with van der Waals surface area (Å²) in [5.41, 5.74) is -0.676. The topological polar surface area (TPSA) is 38.7 Å². The van der Waals surface area contributed by atoms with E-state index in [2.05, 4.69) is 6.92 Å². The Morgan fingerprint density at radius 2 is 1.47 bits per heavy atom. The van der Waals surface area contributed by atoms with Gasteiger partial charge in [-0.15, -0.1) is 0 Å². The molecule has 96 valence electrons. The third-order valence-corrected chi connectivity index (χ3v) is 2.28. The second kappa shape index (κ2) is 6.50. The van der Waals surface area contributed by atoms with Gasteiger partial charge in [-0.3, -0.25) is 0 Å². The molecule has 0 aliphatic rings. The van der Waals surface area contributed by atoms with E-state index in [9.17, 15) is 5.11 Å². The van der Waals surface area contributed by atoms with Crippen molar-refractivity contribution in [3.63, 3.8) is 0 Å². The lowest BCUT2D eigenvalue weighted by atomic mass is 10.1. The summed E-state index contributed by atoms with van der Waals surface area (Å²) in [5.74, 6) is 1.67. The molecular formula is C14H22O3. The quantitative estimate of drug-likeness (QED) is 0.793. The predicted octanol–water partition coefficient (Wildman–Crippen LogP) is 3.02. The third kappa shape index (κ3) is 6.17. The van der Waals surface area contributed by atoms with Crippen LogP contribution in [0, 0.1) is 0 Å². The van der Waals surface area contributed by atoms with Crippen LogP contribution in [0.1, 0.15) is 33.6 Å². The largest absolute Gasteiger partial charge is 0.494 e. The van der Waals surface area contributed by atoms with Crippen molar-refractivity contribution in [2.24, 2.45) is 0 Å². The first-order chi connectivity index (χ1) is 8.01. The first-order valence-corrected chi connectivity index (χ1v) is 6.09. The Balaban J connectivity index is 2.35. The third-order valence-electron chi connectivity index (χ3n) is 2.28. The maximum Gasteiger partial charge on any atom is 0.119 e. The van der Waals surface area contributed by atoms with Gasteiger partial charge in [0.05, 0.1) is 18.8 Å². The minimum absolute atomic E-state index is 0.513. The van der Waals surface area contributed by atoms with Gasteiger partial charge in [0.25, 0.3) is 0 Å². The molecule has 3 nitrogen and oxygen atoms in total. The van der Waals surface area contributed by atoms with Gasteiger partial charge in [0.15, 0.2) is 0 Å². The average Bonchev–Trinajstić information content (AvgIpc) is 2.26. The van der Waals surface area contributed by atoms with Crippen molar-refractivity contribution in [3.8, 4) is 11.5 Å². The van der Waals surface area contributed by atoms with Gasteiger partial charge >= 0.3 is 0 Å². The van der Waals surface area contributed by atoms with Crippen molar-refractivity contribution >= 4 is 0 Å². The zero-order valence-corrected chi connectivity index (χ0v) is 10.9. The Labute approximate surface area is 103 Å². The standard InChI is InChI=1S/C14H22O3/c1-4-10-16-12-5-7-13(8-6-12)17-11-9-14(2,3)15/h5-8,15H,4,9-11H2,1-3H3. The minimum atomic E-state index is -0.676. The van der Waals surface area contributed by atoms with Crippen LogP contribution in [0.3, 0.4) is 0 Å². The Kier molecular flexibility index (Phi) is 5.29. The molecule has 0 saturated carbocycles. The number of rotatable bonds is 7. The lowest BCUT2D eigenvalue weighted by Crippen LogP contribution is -2.21. The molecule has 1 rings (SSSR count). The summed E-state index contributed by atoms with van der Waals surface area (Å²) in [6, 6.07) is 7.56. The maximum atomic E-state index is 9.54. The highest BCUT2D eigenvalue weighted by Crippen LogP contribution is 2.18. The Bertz CT molecular complexity index is 311. The fraction of sp³-hybridized carbons (Fsp3) is 0.571. The first-order valence-electron chi connectivity index (χ1n) is 6.09. The molecule has 1 N–H and O–H groups in total. The highest BCUT2D eigenvalue weighted by molar-refractivity contribution is 5.31. The van der Waals surface area contributed by atoms with Crippen molar-refractivity contribution in [2.45, 2.75) is 39.2 Å². The highest BCUT2D eigenvalue weighted by Gasteiger charge is 2.11.